The first-order valence-corrected chi connectivity index (χ1v) is 7.79. The maximum absolute atomic E-state index is 6.31. The van der Waals surface area contributed by atoms with Gasteiger partial charge in [0.25, 0.3) is 0 Å². The van der Waals surface area contributed by atoms with Gasteiger partial charge >= 0.3 is 0 Å². The Morgan fingerprint density at radius 1 is 1.05 bits per heavy atom. The number of halogens is 1. The molecule has 0 spiro atoms. The average molecular weight is 304 g/mol. The highest BCUT2D eigenvalue weighted by Gasteiger charge is 2.14. The van der Waals surface area contributed by atoms with E-state index < -0.39 is 0 Å². The minimum atomic E-state index is -0.0366. The van der Waals surface area contributed by atoms with Crippen molar-refractivity contribution in [2.24, 2.45) is 0 Å². The predicted octanol–water partition coefficient (Wildman–Crippen LogP) is 4.60. The third-order valence-corrected chi connectivity index (χ3v) is 3.65. The Morgan fingerprint density at radius 2 is 1.76 bits per heavy atom. The van der Waals surface area contributed by atoms with Gasteiger partial charge in [0.05, 0.1) is 12.7 Å². The fraction of sp³-hybridized carbons (Fsp3) is 0.333. The molecule has 0 aliphatic heterocycles. The van der Waals surface area contributed by atoms with Gasteiger partial charge in [-0.25, -0.2) is 0 Å². The summed E-state index contributed by atoms with van der Waals surface area (Å²) in [5.74, 6) is 0. The molecule has 1 atom stereocenters. The molecule has 2 rings (SSSR count). The highest BCUT2D eigenvalue weighted by atomic mass is 35.5. The van der Waals surface area contributed by atoms with Gasteiger partial charge in [-0.15, -0.1) is 0 Å². The van der Waals surface area contributed by atoms with Crippen LogP contribution in [0, 0.1) is 0 Å². The monoisotopic (exact) mass is 303 g/mol. The molecule has 2 aromatic carbocycles. The first-order valence-electron chi connectivity index (χ1n) is 7.42. The van der Waals surface area contributed by atoms with E-state index in [1.165, 1.54) is 5.56 Å². The molecule has 0 saturated carbocycles. The lowest BCUT2D eigenvalue weighted by Gasteiger charge is -2.20. The quantitative estimate of drug-likeness (QED) is 0.720. The maximum Gasteiger partial charge on any atom is 0.0968 e. The van der Waals surface area contributed by atoms with E-state index in [2.05, 4.69) is 24.4 Å². The predicted molar refractivity (Wildman–Crippen MR) is 88.6 cm³/mol. The summed E-state index contributed by atoms with van der Waals surface area (Å²) in [6.07, 6.45) is 1.07. The molecule has 0 saturated heterocycles. The Kier molecular flexibility index (Phi) is 6.74. The molecule has 0 aliphatic rings. The van der Waals surface area contributed by atoms with Crippen LogP contribution in [0.25, 0.3) is 0 Å². The van der Waals surface area contributed by atoms with Crippen LogP contribution in [0.5, 0.6) is 0 Å². The number of hydrogen-bond acceptors (Lipinski definition) is 2. The third-order valence-electron chi connectivity index (χ3n) is 3.30. The minimum Gasteiger partial charge on any atom is -0.367 e. The van der Waals surface area contributed by atoms with E-state index in [9.17, 15) is 0 Å². The Morgan fingerprint density at radius 3 is 2.48 bits per heavy atom. The zero-order valence-electron chi connectivity index (χ0n) is 12.4. The van der Waals surface area contributed by atoms with Gasteiger partial charge < -0.3 is 10.1 Å². The first-order chi connectivity index (χ1) is 10.3. The standard InChI is InChI=1S/C18H22ClNO/c1-2-12-20-13-18(16-10-6-7-11-17(16)19)21-14-15-8-4-3-5-9-15/h3-11,18,20H,2,12-14H2,1H3. The summed E-state index contributed by atoms with van der Waals surface area (Å²) < 4.78 is 6.09. The lowest BCUT2D eigenvalue weighted by atomic mass is 10.1. The molecule has 112 valence electrons. The van der Waals surface area contributed by atoms with E-state index >= 15 is 0 Å². The largest absolute Gasteiger partial charge is 0.367 e. The van der Waals surface area contributed by atoms with Crippen molar-refractivity contribution in [3.63, 3.8) is 0 Å². The van der Waals surface area contributed by atoms with E-state index in [1.807, 2.05) is 42.5 Å². The van der Waals surface area contributed by atoms with Crippen LogP contribution in [0.3, 0.4) is 0 Å². The molecule has 0 aliphatic carbocycles. The highest BCUT2D eigenvalue weighted by Crippen LogP contribution is 2.26. The van der Waals surface area contributed by atoms with Crippen molar-refractivity contribution in [2.45, 2.75) is 26.1 Å². The van der Waals surface area contributed by atoms with Gasteiger partial charge in [0.2, 0.25) is 0 Å². The summed E-state index contributed by atoms with van der Waals surface area (Å²) in [4.78, 5) is 0. The minimum absolute atomic E-state index is 0.0366. The van der Waals surface area contributed by atoms with Crippen molar-refractivity contribution in [3.8, 4) is 0 Å². The molecule has 1 unspecified atom stereocenters. The Bertz CT molecular complexity index is 530. The molecule has 0 aromatic heterocycles. The second-order valence-corrected chi connectivity index (χ2v) is 5.42. The van der Waals surface area contributed by atoms with Crippen LogP contribution in [0.2, 0.25) is 5.02 Å². The van der Waals surface area contributed by atoms with Gasteiger partial charge in [-0.2, -0.15) is 0 Å². The summed E-state index contributed by atoms with van der Waals surface area (Å²) in [6.45, 7) is 4.49. The molecule has 3 heteroatoms. The van der Waals surface area contributed by atoms with Gasteiger partial charge in [0.1, 0.15) is 0 Å². The van der Waals surface area contributed by atoms with E-state index in [-0.39, 0.29) is 6.10 Å². The Labute approximate surface area is 132 Å². The van der Waals surface area contributed by atoms with Crippen LogP contribution in [0.15, 0.2) is 54.6 Å². The van der Waals surface area contributed by atoms with Crippen LogP contribution >= 0.6 is 11.6 Å². The SMILES string of the molecule is CCCNCC(OCc1ccccc1)c1ccccc1Cl. The van der Waals surface area contributed by atoms with Crippen molar-refractivity contribution in [1.29, 1.82) is 0 Å². The lowest BCUT2D eigenvalue weighted by Crippen LogP contribution is -2.24. The molecule has 2 aromatic rings. The van der Waals surface area contributed by atoms with Crippen LogP contribution in [-0.4, -0.2) is 13.1 Å². The molecular weight excluding hydrogens is 282 g/mol. The Hall–Kier alpha value is -1.35. The molecular formula is C18H22ClNO. The van der Waals surface area contributed by atoms with Crippen LogP contribution < -0.4 is 5.32 Å². The molecule has 0 heterocycles. The van der Waals surface area contributed by atoms with Crippen molar-refractivity contribution < 1.29 is 4.74 Å². The fourth-order valence-corrected chi connectivity index (χ4v) is 2.43. The number of benzene rings is 2. The topological polar surface area (TPSA) is 21.3 Å². The molecule has 0 radical (unpaired) electrons. The summed E-state index contributed by atoms with van der Waals surface area (Å²) >= 11 is 6.31. The van der Waals surface area contributed by atoms with Gasteiger partial charge in [-0.1, -0.05) is 67.1 Å². The van der Waals surface area contributed by atoms with E-state index in [4.69, 9.17) is 16.3 Å². The molecule has 21 heavy (non-hydrogen) atoms. The van der Waals surface area contributed by atoms with Crippen LogP contribution in [0.4, 0.5) is 0 Å². The summed E-state index contributed by atoms with van der Waals surface area (Å²) in [7, 11) is 0. The van der Waals surface area contributed by atoms with E-state index in [0.717, 1.165) is 30.1 Å². The van der Waals surface area contributed by atoms with Crippen LogP contribution in [0.1, 0.15) is 30.6 Å². The van der Waals surface area contributed by atoms with Crippen molar-refractivity contribution >= 4 is 11.6 Å². The van der Waals surface area contributed by atoms with Gasteiger partial charge in [0, 0.05) is 17.1 Å². The smallest absolute Gasteiger partial charge is 0.0968 e. The van der Waals surface area contributed by atoms with Gasteiger partial charge in [0.15, 0.2) is 0 Å². The number of hydrogen-bond donors (Lipinski definition) is 1. The lowest BCUT2D eigenvalue weighted by molar-refractivity contribution is 0.0400. The van der Waals surface area contributed by atoms with Crippen LogP contribution in [-0.2, 0) is 11.3 Å². The zero-order valence-corrected chi connectivity index (χ0v) is 13.1. The van der Waals surface area contributed by atoms with E-state index in [0.29, 0.717) is 6.61 Å². The second-order valence-electron chi connectivity index (χ2n) is 5.01. The fourth-order valence-electron chi connectivity index (χ4n) is 2.18. The number of rotatable bonds is 8. The molecule has 0 amide bonds. The number of nitrogens with one attached hydrogen (secondary N) is 1. The number of ether oxygens (including phenoxy) is 1. The second kappa shape index (κ2) is 8.83. The first kappa shape index (κ1) is 16.0. The summed E-state index contributed by atoms with van der Waals surface area (Å²) in [6, 6.07) is 18.1. The van der Waals surface area contributed by atoms with Gasteiger partial charge in [-0.05, 0) is 24.6 Å². The van der Waals surface area contributed by atoms with E-state index in [1.54, 1.807) is 0 Å². The molecule has 1 N–H and O–H groups in total. The molecule has 2 nitrogen and oxygen atoms in total. The molecule has 0 fully saturated rings. The third kappa shape index (κ3) is 5.16. The summed E-state index contributed by atoms with van der Waals surface area (Å²) in [5.41, 5.74) is 2.21. The normalized spacial score (nSPS) is 12.3. The zero-order chi connectivity index (χ0) is 14.9. The summed E-state index contributed by atoms with van der Waals surface area (Å²) in [5, 5.41) is 4.17. The van der Waals surface area contributed by atoms with Crippen molar-refractivity contribution in [2.75, 3.05) is 13.1 Å². The van der Waals surface area contributed by atoms with Crippen molar-refractivity contribution in [3.05, 3.63) is 70.7 Å². The molecule has 0 bridgehead atoms. The van der Waals surface area contributed by atoms with Gasteiger partial charge in [-0.3, -0.25) is 0 Å². The Balaban J connectivity index is 2.03. The maximum atomic E-state index is 6.31. The average Bonchev–Trinajstić information content (AvgIpc) is 2.53. The van der Waals surface area contributed by atoms with Crippen molar-refractivity contribution in [1.82, 2.24) is 5.32 Å². The highest BCUT2D eigenvalue weighted by molar-refractivity contribution is 6.31.